The Kier molecular flexibility index (Phi) is 2.93. The highest BCUT2D eigenvalue weighted by Gasteiger charge is 2.09. The van der Waals surface area contributed by atoms with Gasteiger partial charge in [0.15, 0.2) is 5.69 Å². The molecule has 0 aliphatic carbocycles. The van der Waals surface area contributed by atoms with Crippen LogP contribution in [0.4, 0.5) is 0 Å². The third-order valence-corrected chi connectivity index (χ3v) is 2.29. The molecular weight excluding hydrogens is 244 g/mol. The number of nitrogens with zero attached hydrogens (tertiary/aromatic N) is 1. The molecule has 2 rings (SSSR count). The van der Waals surface area contributed by atoms with Crippen molar-refractivity contribution in [2.75, 3.05) is 0 Å². The van der Waals surface area contributed by atoms with Crippen molar-refractivity contribution in [1.29, 1.82) is 0 Å². The Morgan fingerprint density at radius 3 is 2.76 bits per heavy atom. The fraction of sp³-hybridized carbons (Fsp3) is 0. The number of nitrogens with one attached hydrogen (secondary N) is 1. The van der Waals surface area contributed by atoms with E-state index in [1.54, 1.807) is 24.3 Å². The van der Waals surface area contributed by atoms with Gasteiger partial charge in [0.2, 0.25) is 0 Å². The molecule has 86 valence electrons. The number of aromatic nitrogens is 2. The van der Waals surface area contributed by atoms with Gasteiger partial charge in [-0.2, -0.15) is 0 Å². The number of carboxylic acids is 1. The Labute approximate surface area is 101 Å². The highest BCUT2D eigenvalue weighted by Crippen LogP contribution is 2.18. The maximum Gasteiger partial charge on any atom is 0.354 e. The van der Waals surface area contributed by atoms with Gasteiger partial charge in [-0.05, 0) is 12.1 Å². The maximum atomic E-state index is 11.3. The third-order valence-electron chi connectivity index (χ3n) is 2.06. The summed E-state index contributed by atoms with van der Waals surface area (Å²) in [5.41, 5.74) is -0.270. The van der Waals surface area contributed by atoms with Crippen molar-refractivity contribution in [2.24, 2.45) is 0 Å². The molecular formula is C11H7ClN2O3. The average Bonchev–Trinajstić information content (AvgIpc) is 2.28. The predicted octanol–water partition coefficient (Wildman–Crippen LogP) is 1.79. The van der Waals surface area contributed by atoms with Gasteiger partial charge in [-0.3, -0.25) is 4.79 Å². The number of carboxylic acid groups (broad SMARTS) is 1. The summed E-state index contributed by atoms with van der Waals surface area (Å²) in [7, 11) is 0. The van der Waals surface area contributed by atoms with Crippen molar-refractivity contribution in [2.45, 2.75) is 0 Å². The number of H-pyrrole nitrogens is 1. The Bertz CT molecular complexity index is 637. The highest BCUT2D eigenvalue weighted by molar-refractivity contribution is 6.30. The molecule has 1 aromatic carbocycles. The summed E-state index contributed by atoms with van der Waals surface area (Å²) < 4.78 is 0. The van der Waals surface area contributed by atoms with E-state index in [1.165, 1.54) is 0 Å². The number of benzene rings is 1. The molecule has 0 fully saturated rings. The standard InChI is InChI=1S/C11H7ClN2O3/c12-7-3-1-2-6(4-7)10-13-8(11(16)17)5-9(15)14-10/h1-5H,(H,16,17)(H,13,14,15). The van der Waals surface area contributed by atoms with Crippen LogP contribution in [0.25, 0.3) is 11.4 Å². The van der Waals surface area contributed by atoms with Crippen LogP contribution in [-0.2, 0) is 0 Å². The van der Waals surface area contributed by atoms with Crippen LogP contribution in [0.2, 0.25) is 5.02 Å². The first-order valence-corrected chi connectivity index (χ1v) is 5.04. The molecule has 0 aliphatic heterocycles. The van der Waals surface area contributed by atoms with Crippen LogP contribution in [0.15, 0.2) is 35.1 Å². The van der Waals surface area contributed by atoms with Crippen LogP contribution in [0.5, 0.6) is 0 Å². The molecule has 0 aliphatic rings. The molecule has 0 amide bonds. The number of hydrogen-bond donors (Lipinski definition) is 2. The molecule has 1 heterocycles. The molecule has 0 spiro atoms. The predicted molar refractivity (Wildman–Crippen MR) is 62.3 cm³/mol. The first kappa shape index (κ1) is 11.3. The van der Waals surface area contributed by atoms with E-state index in [0.29, 0.717) is 10.6 Å². The molecule has 0 saturated carbocycles. The zero-order valence-corrected chi connectivity index (χ0v) is 9.23. The van der Waals surface area contributed by atoms with Crippen LogP contribution in [0.1, 0.15) is 10.5 Å². The molecule has 0 bridgehead atoms. The second-order valence-corrected chi connectivity index (χ2v) is 3.73. The van der Waals surface area contributed by atoms with Crippen LogP contribution >= 0.6 is 11.6 Å². The summed E-state index contributed by atoms with van der Waals surface area (Å²) >= 11 is 5.80. The zero-order valence-electron chi connectivity index (χ0n) is 8.48. The molecule has 17 heavy (non-hydrogen) atoms. The van der Waals surface area contributed by atoms with Crippen LogP contribution in [0.3, 0.4) is 0 Å². The summed E-state index contributed by atoms with van der Waals surface area (Å²) in [5.74, 6) is -1.07. The van der Waals surface area contributed by atoms with Gasteiger partial charge in [0.25, 0.3) is 5.56 Å². The van der Waals surface area contributed by atoms with Crippen molar-refractivity contribution < 1.29 is 9.90 Å². The van der Waals surface area contributed by atoms with Gasteiger partial charge in [-0.15, -0.1) is 0 Å². The molecule has 1 aromatic heterocycles. The van der Waals surface area contributed by atoms with E-state index in [2.05, 4.69) is 9.97 Å². The molecule has 0 saturated heterocycles. The minimum atomic E-state index is -1.25. The molecule has 6 heteroatoms. The monoisotopic (exact) mass is 250 g/mol. The van der Waals surface area contributed by atoms with Crippen LogP contribution < -0.4 is 5.56 Å². The molecule has 0 atom stereocenters. The fourth-order valence-electron chi connectivity index (χ4n) is 1.34. The van der Waals surface area contributed by atoms with Crippen molar-refractivity contribution in [3.05, 3.63) is 51.4 Å². The summed E-state index contributed by atoms with van der Waals surface area (Å²) in [4.78, 5) is 28.3. The second kappa shape index (κ2) is 4.39. The lowest BCUT2D eigenvalue weighted by molar-refractivity contribution is 0.0690. The largest absolute Gasteiger partial charge is 0.477 e. The summed E-state index contributed by atoms with van der Waals surface area (Å²) in [5, 5.41) is 9.27. The van der Waals surface area contributed by atoms with Crippen LogP contribution in [0, 0.1) is 0 Å². The van der Waals surface area contributed by atoms with Gasteiger partial charge in [-0.1, -0.05) is 23.7 Å². The summed E-state index contributed by atoms with van der Waals surface area (Å²) in [6.45, 7) is 0. The molecule has 0 radical (unpaired) electrons. The number of carbonyl (C=O) groups is 1. The van der Waals surface area contributed by atoms with E-state index in [-0.39, 0.29) is 11.5 Å². The number of hydrogen-bond acceptors (Lipinski definition) is 3. The minimum Gasteiger partial charge on any atom is -0.477 e. The number of halogens is 1. The third kappa shape index (κ3) is 2.51. The van der Waals surface area contributed by atoms with Gasteiger partial charge in [0.1, 0.15) is 5.82 Å². The van der Waals surface area contributed by atoms with E-state index in [0.717, 1.165) is 6.07 Å². The average molecular weight is 251 g/mol. The molecule has 5 nitrogen and oxygen atoms in total. The van der Waals surface area contributed by atoms with Crippen LogP contribution in [-0.4, -0.2) is 21.0 Å². The fourth-order valence-corrected chi connectivity index (χ4v) is 1.53. The Hall–Kier alpha value is -2.14. The maximum absolute atomic E-state index is 11.3. The Balaban J connectivity index is 2.60. The SMILES string of the molecule is O=C(O)c1cc(=O)[nH]c(-c2cccc(Cl)c2)n1. The van der Waals surface area contributed by atoms with Gasteiger partial charge in [-0.25, -0.2) is 9.78 Å². The van der Waals surface area contributed by atoms with E-state index < -0.39 is 11.5 Å². The lowest BCUT2D eigenvalue weighted by Crippen LogP contribution is -2.13. The number of aromatic amines is 1. The van der Waals surface area contributed by atoms with Crippen molar-refractivity contribution in [3.8, 4) is 11.4 Å². The normalized spacial score (nSPS) is 10.2. The first-order valence-electron chi connectivity index (χ1n) is 4.67. The van der Waals surface area contributed by atoms with Gasteiger partial charge < -0.3 is 10.1 Å². The molecule has 2 aromatic rings. The van der Waals surface area contributed by atoms with Gasteiger partial charge in [0, 0.05) is 16.7 Å². The first-order chi connectivity index (χ1) is 8.06. The smallest absolute Gasteiger partial charge is 0.354 e. The Morgan fingerprint density at radius 1 is 1.35 bits per heavy atom. The van der Waals surface area contributed by atoms with E-state index in [1.807, 2.05) is 0 Å². The Morgan fingerprint density at radius 2 is 2.12 bits per heavy atom. The highest BCUT2D eigenvalue weighted by atomic mass is 35.5. The van der Waals surface area contributed by atoms with Crippen molar-refractivity contribution in [3.63, 3.8) is 0 Å². The lowest BCUT2D eigenvalue weighted by Gasteiger charge is -2.02. The van der Waals surface area contributed by atoms with Crippen molar-refractivity contribution >= 4 is 17.6 Å². The molecule has 0 unspecified atom stereocenters. The molecule has 2 N–H and O–H groups in total. The van der Waals surface area contributed by atoms with E-state index in [9.17, 15) is 9.59 Å². The number of rotatable bonds is 2. The summed E-state index contributed by atoms with van der Waals surface area (Å²) in [6, 6.07) is 7.55. The number of aromatic carboxylic acids is 1. The quantitative estimate of drug-likeness (QED) is 0.851. The van der Waals surface area contributed by atoms with Gasteiger partial charge in [0.05, 0.1) is 0 Å². The van der Waals surface area contributed by atoms with E-state index in [4.69, 9.17) is 16.7 Å². The zero-order chi connectivity index (χ0) is 12.4. The van der Waals surface area contributed by atoms with E-state index >= 15 is 0 Å². The topological polar surface area (TPSA) is 83.0 Å². The summed E-state index contributed by atoms with van der Waals surface area (Å²) in [6.07, 6.45) is 0. The van der Waals surface area contributed by atoms with Gasteiger partial charge >= 0.3 is 5.97 Å². The second-order valence-electron chi connectivity index (χ2n) is 3.29. The van der Waals surface area contributed by atoms with Crippen molar-refractivity contribution in [1.82, 2.24) is 9.97 Å². The lowest BCUT2D eigenvalue weighted by atomic mass is 10.2. The minimum absolute atomic E-state index is 0.178.